The molecule has 0 aromatic heterocycles. The predicted molar refractivity (Wildman–Crippen MR) is 113 cm³/mol. The van der Waals surface area contributed by atoms with Gasteiger partial charge < -0.3 is 19.1 Å². The SMILES string of the molecule is COc1ccc(CN(CCN2CCOCC2)C(=O)c2ccccc2Cl)cc1OC. The molecule has 1 aliphatic rings. The molecule has 0 aliphatic carbocycles. The molecule has 1 heterocycles. The summed E-state index contributed by atoms with van der Waals surface area (Å²) < 4.78 is 16.1. The average Bonchev–Trinajstić information content (AvgIpc) is 2.77. The fraction of sp³-hybridized carbons (Fsp3) is 0.409. The maximum atomic E-state index is 13.3. The fourth-order valence-electron chi connectivity index (χ4n) is 3.34. The van der Waals surface area contributed by atoms with Crippen molar-refractivity contribution in [2.24, 2.45) is 0 Å². The van der Waals surface area contributed by atoms with Gasteiger partial charge in [-0.1, -0.05) is 29.8 Å². The number of rotatable bonds is 8. The summed E-state index contributed by atoms with van der Waals surface area (Å²) in [6.07, 6.45) is 0. The van der Waals surface area contributed by atoms with Gasteiger partial charge >= 0.3 is 0 Å². The Bertz CT molecular complexity index is 824. The van der Waals surface area contributed by atoms with Crippen LogP contribution in [0.2, 0.25) is 5.02 Å². The Morgan fingerprint density at radius 2 is 1.83 bits per heavy atom. The van der Waals surface area contributed by atoms with Crippen LogP contribution in [0.5, 0.6) is 11.5 Å². The summed E-state index contributed by atoms with van der Waals surface area (Å²) in [4.78, 5) is 17.4. The van der Waals surface area contributed by atoms with Gasteiger partial charge in [-0.3, -0.25) is 9.69 Å². The molecule has 1 fully saturated rings. The molecule has 0 saturated carbocycles. The van der Waals surface area contributed by atoms with Gasteiger partial charge in [0.15, 0.2) is 11.5 Å². The summed E-state index contributed by atoms with van der Waals surface area (Å²) in [5.74, 6) is 1.22. The molecular formula is C22H27ClN2O4. The fourth-order valence-corrected chi connectivity index (χ4v) is 3.56. The molecule has 0 N–H and O–H groups in total. The number of methoxy groups -OCH3 is 2. The standard InChI is InChI=1S/C22H27ClN2O4/c1-27-20-8-7-17(15-21(20)28-2)16-25(10-9-24-11-13-29-14-12-24)22(26)18-5-3-4-6-19(18)23/h3-8,15H,9-14,16H2,1-2H3. The van der Waals surface area contributed by atoms with Gasteiger partial charge in [-0.2, -0.15) is 0 Å². The minimum absolute atomic E-state index is 0.0846. The second-order valence-corrected chi connectivity index (χ2v) is 7.26. The largest absolute Gasteiger partial charge is 0.493 e. The third-order valence-electron chi connectivity index (χ3n) is 5.00. The number of halogens is 1. The lowest BCUT2D eigenvalue weighted by molar-refractivity contribution is 0.0320. The molecule has 7 heteroatoms. The summed E-state index contributed by atoms with van der Waals surface area (Å²) in [7, 11) is 3.21. The first-order valence-corrected chi connectivity index (χ1v) is 10.0. The van der Waals surface area contributed by atoms with E-state index in [1.807, 2.05) is 35.2 Å². The first-order chi connectivity index (χ1) is 14.1. The Balaban J connectivity index is 1.79. The quantitative estimate of drug-likeness (QED) is 0.658. The van der Waals surface area contributed by atoms with E-state index in [2.05, 4.69) is 4.90 Å². The number of nitrogens with zero attached hydrogens (tertiary/aromatic N) is 2. The lowest BCUT2D eigenvalue weighted by atomic mass is 10.1. The summed E-state index contributed by atoms with van der Waals surface area (Å²) >= 11 is 6.29. The van der Waals surface area contributed by atoms with E-state index in [0.717, 1.165) is 38.4 Å². The van der Waals surface area contributed by atoms with Crippen molar-refractivity contribution >= 4 is 17.5 Å². The Morgan fingerprint density at radius 3 is 2.52 bits per heavy atom. The number of hydrogen-bond donors (Lipinski definition) is 0. The third kappa shape index (κ3) is 5.63. The molecule has 1 amide bonds. The molecule has 0 atom stereocenters. The Labute approximate surface area is 176 Å². The number of amides is 1. The van der Waals surface area contributed by atoms with Gasteiger partial charge in [0.2, 0.25) is 0 Å². The van der Waals surface area contributed by atoms with Crippen LogP contribution in [0, 0.1) is 0 Å². The van der Waals surface area contributed by atoms with Crippen molar-refractivity contribution in [2.45, 2.75) is 6.54 Å². The van der Waals surface area contributed by atoms with Crippen molar-refractivity contribution in [3.05, 3.63) is 58.6 Å². The van der Waals surface area contributed by atoms with Gasteiger partial charge in [0.05, 0.1) is 38.0 Å². The van der Waals surface area contributed by atoms with Gasteiger partial charge in [-0.15, -0.1) is 0 Å². The molecule has 0 unspecified atom stereocenters. The smallest absolute Gasteiger partial charge is 0.255 e. The molecule has 1 aliphatic heterocycles. The maximum absolute atomic E-state index is 13.3. The van der Waals surface area contributed by atoms with Crippen molar-refractivity contribution in [2.75, 3.05) is 53.6 Å². The summed E-state index contributed by atoms with van der Waals surface area (Å²) in [5.41, 5.74) is 1.47. The van der Waals surface area contributed by atoms with E-state index in [1.54, 1.807) is 26.4 Å². The van der Waals surface area contributed by atoms with Crippen LogP contribution in [0.25, 0.3) is 0 Å². The molecule has 0 radical (unpaired) electrons. The molecule has 0 spiro atoms. The first-order valence-electron chi connectivity index (χ1n) is 9.67. The lowest BCUT2D eigenvalue weighted by Gasteiger charge is -2.30. The number of carbonyl (C=O) groups is 1. The lowest BCUT2D eigenvalue weighted by Crippen LogP contribution is -2.43. The highest BCUT2D eigenvalue weighted by molar-refractivity contribution is 6.33. The summed E-state index contributed by atoms with van der Waals surface area (Å²) in [6, 6.07) is 12.9. The van der Waals surface area contributed by atoms with Crippen LogP contribution in [-0.2, 0) is 11.3 Å². The minimum Gasteiger partial charge on any atom is -0.493 e. The van der Waals surface area contributed by atoms with Gasteiger partial charge in [-0.25, -0.2) is 0 Å². The van der Waals surface area contributed by atoms with Crippen LogP contribution in [0.4, 0.5) is 0 Å². The second kappa shape index (κ2) is 10.5. The van der Waals surface area contributed by atoms with Crippen molar-refractivity contribution in [3.63, 3.8) is 0 Å². The van der Waals surface area contributed by atoms with Gasteiger partial charge in [0.25, 0.3) is 5.91 Å². The Morgan fingerprint density at radius 1 is 1.10 bits per heavy atom. The molecule has 1 saturated heterocycles. The molecular weight excluding hydrogens is 392 g/mol. The van der Waals surface area contributed by atoms with E-state index in [9.17, 15) is 4.79 Å². The highest BCUT2D eigenvalue weighted by Crippen LogP contribution is 2.28. The number of morpholine rings is 1. The van der Waals surface area contributed by atoms with E-state index in [1.165, 1.54) is 0 Å². The van der Waals surface area contributed by atoms with Crippen LogP contribution in [0.15, 0.2) is 42.5 Å². The first kappa shape index (κ1) is 21.4. The molecule has 2 aromatic carbocycles. The molecule has 2 aromatic rings. The van der Waals surface area contributed by atoms with E-state index in [-0.39, 0.29) is 5.91 Å². The monoisotopic (exact) mass is 418 g/mol. The van der Waals surface area contributed by atoms with Crippen LogP contribution in [-0.4, -0.2) is 69.3 Å². The average molecular weight is 419 g/mol. The summed E-state index contributed by atoms with van der Waals surface area (Å²) in [6.45, 7) is 5.05. The minimum atomic E-state index is -0.0846. The maximum Gasteiger partial charge on any atom is 0.255 e. The molecule has 29 heavy (non-hydrogen) atoms. The normalized spacial score (nSPS) is 14.4. The number of benzene rings is 2. The molecule has 6 nitrogen and oxygen atoms in total. The second-order valence-electron chi connectivity index (χ2n) is 6.85. The zero-order valence-corrected chi connectivity index (χ0v) is 17.7. The number of hydrogen-bond acceptors (Lipinski definition) is 5. The van der Waals surface area contributed by atoms with Crippen molar-refractivity contribution in [1.82, 2.24) is 9.80 Å². The predicted octanol–water partition coefficient (Wildman–Crippen LogP) is 3.33. The Hall–Kier alpha value is -2.28. The number of carbonyl (C=O) groups excluding carboxylic acids is 1. The van der Waals surface area contributed by atoms with E-state index < -0.39 is 0 Å². The van der Waals surface area contributed by atoms with Crippen LogP contribution in [0.3, 0.4) is 0 Å². The third-order valence-corrected chi connectivity index (χ3v) is 5.33. The van der Waals surface area contributed by atoms with Crippen LogP contribution < -0.4 is 9.47 Å². The zero-order valence-electron chi connectivity index (χ0n) is 16.9. The highest BCUT2D eigenvalue weighted by atomic mass is 35.5. The zero-order chi connectivity index (χ0) is 20.6. The Kier molecular flexibility index (Phi) is 7.75. The molecule has 156 valence electrons. The van der Waals surface area contributed by atoms with Crippen LogP contribution >= 0.6 is 11.6 Å². The summed E-state index contributed by atoms with van der Waals surface area (Å²) in [5, 5.41) is 0.459. The van der Waals surface area contributed by atoms with Gasteiger partial charge in [-0.05, 0) is 29.8 Å². The molecule has 3 rings (SSSR count). The highest BCUT2D eigenvalue weighted by Gasteiger charge is 2.21. The van der Waals surface area contributed by atoms with E-state index in [4.69, 9.17) is 25.8 Å². The topological polar surface area (TPSA) is 51.2 Å². The van der Waals surface area contributed by atoms with Gasteiger partial charge in [0.1, 0.15) is 0 Å². The number of ether oxygens (including phenoxy) is 3. The van der Waals surface area contributed by atoms with Crippen LogP contribution in [0.1, 0.15) is 15.9 Å². The van der Waals surface area contributed by atoms with E-state index >= 15 is 0 Å². The van der Waals surface area contributed by atoms with Crippen molar-refractivity contribution < 1.29 is 19.0 Å². The van der Waals surface area contributed by atoms with Crippen molar-refractivity contribution in [3.8, 4) is 11.5 Å². The van der Waals surface area contributed by atoms with Crippen molar-refractivity contribution in [1.29, 1.82) is 0 Å². The van der Waals surface area contributed by atoms with Gasteiger partial charge in [0, 0.05) is 32.7 Å². The molecule has 0 bridgehead atoms. The van der Waals surface area contributed by atoms with E-state index in [0.29, 0.717) is 35.2 Å².